The van der Waals surface area contributed by atoms with Crippen molar-refractivity contribution in [1.82, 2.24) is 0 Å². The van der Waals surface area contributed by atoms with Crippen LogP contribution >= 0.6 is 0 Å². The molecule has 0 saturated heterocycles. The Balaban J connectivity index is 2.32. The van der Waals surface area contributed by atoms with Crippen molar-refractivity contribution in [2.75, 3.05) is 6.61 Å². The minimum atomic E-state index is -0.320. The predicted molar refractivity (Wildman–Crippen MR) is 55.3 cm³/mol. The molecule has 1 heterocycles. The van der Waals surface area contributed by atoms with E-state index in [-0.39, 0.29) is 31.1 Å². The molecule has 86 valence electrons. The van der Waals surface area contributed by atoms with Crippen molar-refractivity contribution in [1.29, 1.82) is 0 Å². The average molecular weight is 214 g/mol. The van der Waals surface area contributed by atoms with Gasteiger partial charge in [0.05, 0.1) is 12.2 Å². The molecule has 0 aliphatic carbocycles. The van der Waals surface area contributed by atoms with E-state index >= 15 is 0 Å². The second-order valence-corrected chi connectivity index (χ2v) is 3.78. The predicted octanol–water partition coefficient (Wildman–Crippen LogP) is 1.65. The minimum absolute atomic E-state index is 0.0948. The number of ether oxygens (including phenoxy) is 3. The molecule has 0 bridgehead atoms. The van der Waals surface area contributed by atoms with E-state index in [0.717, 1.165) is 6.42 Å². The first kappa shape index (κ1) is 12.2. The highest BCUT2D eigenvalue weighted by Crippen LogP contribution is 2.15. The van der Waals surface area contributed by atoms with Crippen molar-refractivity contribution < 1.29 is 19.0 Å². The molecule has 0 amide bonds. The van der Waals surface area contributed by atoms with Crippen molar-refractivity contribution in [3.63, 3.8) is 0 Å². The van der Waals surface area contributed by atoms with Gasteiger partial charge in [-0.1, -0.05) is 6.08 Å². The number of hydrogen-bond acceptors (Lipinski definition) is 4. The summed E-state index contributed by atoms with van der Waals surface area (Å²) in [6, 6.07) is 0. The van der Waals surface area contributed by atoms with Crippen LogP contribution in [0, 0.1) is 0 Å². The zero-order chi connectivity index (χ0) is 11.3. The third-order valence-corrected chi connectivity index (χ3v) is 1.90. The van der Waals surface area contributed by atoms with Gasteiger partial charge in [-0.05, 0) is 26.3 Å². The summed E-state index contributed by atoms with van der Waals surface area (Å²) in [5.74, 6) is -0.283. The molecule has 0 aromatic rings. The molecule has 1 rings (SSSR count). The lowest BCUT2D eigenvalue weighted by Gasteiger charge is -2.26. The Morgan fingerprint density at radius 2 is 2.33 bits per heavy atom. The third kappa shape index (κ3) is 4.95. The Bertz CT molecular complexity index is 235. The van der Waals surface area contributed by atoms with Crippen LogP contribution in [0.15, 0.2) is 12.2 Å². The van der Waals surface area contributed by atoms with E-state index in [9.17, 15) is 4.79 Å². The molecule has 0 fully saturated rings. The smallest absolute Gasteiger partial charge is 0.302 e. The highest BCUT2D eigenvalue weighted by atomic mass is 16.7. The first-order valence-electron chi connectivity index (χ1n) is 5.19. The van der Waals surface area contributed by atoms with E-state index in [4.69, 9.17) is 14.2 Å². The summed E-state index contributed by atoms with van der Waals surface area (Å²) in [5, 5.41) is 0. The van der Waals surface area contributed by atoms with E-state index in [2.05, 4.69) is 0 Å². The molecule has 0 radical (unpaired) electrons. The third-order valence-electron chi connectivity index (χ3n) is 1.90. The summed E-state index contributed by atoms with van der Waals surface area (Å²) >= 11 is 0. The highest BCUT2D eigenvalue weighted by molar-refractivity contribution is 5.65. The van der Waals surface area contributed by atoms with Crippen molar-refractivity contribution in [3.8, 4) is 0 Å². The van der Waals surface area contributed by atoms with Gasteiger partial charge in [0.2, 0.25) is 0 Å². The SMILES string of the molecule is CC(=O)OC[C@@H]1CC=C[C@@H](OC(C)C)O1. The number of hydrogen-bond donors (Lipinski definition) is 0. The van der Waals surface area contributed by atoms with E-state index in [1.165, 1.54) is 6.92 Å². The summed E-state index contributed by atoms with van der Waals surface area (Å²) in [5.41, 5.74) is 0. The summed E-state index contributed by atoms with van der Waals surface area (Å²) in [7, 11) is 0. The van der Waals surface area contributed by atoms with Gasteiger partial charge in [0.25, 0.3) is 0 Å². The van der Waals surface area contributed by atoms with Crippen LogP contribution in [0.25, 0.3) is 0 Å². The van der Waals surface area contributed by atoms with Gasteiger partial charge >= 0.3 is 5.97 Å². The molecule has 1 aliphatic rings. The van der Waals surface area contributed by atoms with Crippen LogP contribution in [0.5, 0.6) is 0 Å². The Hall–Kier alpha value is -0.870. The maximum atomic E-state index is 10.6. The minimum Gasteiger partial charge on any atom is -0.463 e. The Kier molecular flexibility index (Phi) is 4.78. The fourth-order valence-electron chi connectivity index (χ4n) is 1.30. The molecule has 0 unspecified atom stereocenters. The zero-order valence-electron chi connectivity index (χ0n) is 9.43. The van der Waals surface area contributed by atoms with Crippen LogP contribution in [-0.4, -0.2) is 31.1 Å². The van der Waals surface area contributed by atoms with E-state index < -0.39 is 0 Å². The van der Waals surface area contributed by atoms with Gasteiger partial charge in [-0.3, -0.25) is 4.79 Å². The second-order valence-electron chi connectivity index (χ2n) is 3.78. The van der Waals surface area contributed by atoms with Crippen LogP contribution in [0.2, 0.25) is 0 Å². The second kappa shape index (κ2) is 5.88. The van der Waals surface area contributed by atoms with Crippen molar-refractivity contribution in [3.05, 3.63) is 12.2 Å². The van der Waals surface area contributed by atoms with Crippen molar-refractivity contribution in [2.24, 2.45) is 0 Å². The summed E-state index contributed by atoms with van der Waals surface area (Å²) in [6.07, 6.45) is 4.33. The molecule has 4 heteroatoms. The normalized spacial score (nSPS) is 25.6. The average Bonchev–Trinajstić information content (AvgIpc) is 2.14. The zero-order valence-corrected chi connectivity index (χ0v) is 9.43. The van der Waals surface area contributed by atoms with E-state index in [1.54, 1.807) is 0 Å². The van der Waals surface area contributed by atoms with Gasteiger partial charge in [-0.15, -0.1) is 0 Å². The maximum absolute atomic E-state index is 10.6. The number of esters is 1. The number of carbonyl (C=O) groups excluding carboxylic acids is 1. The fourth-order valence-corrected chi connectivity index (χ4v) is 1.30. The maximum Gasteiger partial charge on any atom is 0.302 e. The van der Waals surface area contributed by atoms with Crippen LogP contribution < -0.4 is 0 Å². The first-order valence-corrected chi connectivity index (χ1v) is 5.19. The Labute approximate surface area is 90.2 Å². The molecule has 15 heavy (non-hydrogen) atoms. The number of rotatable bonds is 4. The lowest BCUT2D eigenvalue weighted by atomic mass is 10.2. The molecular weight excluding hydrogens is 196 g/mol. The summed E-state index contributed by atoms with van der Waals surface area (Å²) in [6.45, 7) is 5.58. The molecule has 1 aliphatic heterocycles. The van der Waals surface area contributed by atoms with Crippen LogP contribution in [0.4, 0.5) is 0 Å². The topological polar surface area (TPSA) is 44.8 Å². The van der Waals surface area contributed by atoms with Gasteiger partial charge in [0.1, 0.15) is 6.61 Å². The molecule has 0 aromatic carbocycles. The fraction of sp³-hybridized carbons (Fsp3) is 0.727. The Morgan fingerprint density at radius 3 is 2.93 bits per heavy atom. The van der Waals surface area contributed by atoms with Crippen molar-refractivity contribution >= 4 is 5.97 Å². The van der Waals surface area contributed by atoms with Gasteiger partial charge in [0, 0.05) is 6.92 Å². The molecule has 2 atom stereocenters. The lowest BCUT2D eigenvalue weighted by Crippen LogP contribution is -2.31. The molecule has 0 saturated carbocycles. The highest BCUT2D eigenvalue weighted by Gasteiger charge is 2.20. The van der Waals surface area contributed by atoms with Crippen molar-refractivity contribution in [2.45, 2.75) is 45.7 Å². The molecular formula is C11H18O4. The lowest BCUT2D eigenvalue weighted by molar-refractivity contribution is -0.181. The van der Waals surface area contributed by atoms with Crippen LogP contribution in [-0.2, 0) is 19.0 Å². The van der Waals surface area contributed by atoms with E-state index in [0.29, 0.717) is 0 Å². The quantitative estimate of drug-likeness (QED) is 0.527. The van der Waals surface area contributed by atoms with E-state index in [1.807, 2.05) is 26.0 Å². The van der Waals surface area contributed by atoms with Crippen LogP contribution in [0.3, 0.4) is 0 Å². The van der Waals surface area contributed by atoms with Gasteiger partial charge < -0.3 is 14.2 Å². The molecule has 0 N–H and O–H groups in total. The first-order chi connectivity index (χ1) is 7.08. The molecule has 0 spiro atoms. The Morgan fingerprint density at radius 1 is 1.60 bits per heavy atom. The standard InChI is InChI=1S/C11H18O4/c1-8(2)14-11-6-4-5-10(15-11)7-13-9(3)12/h4,6,8,10-11H,5,7H2,1-3H3/t10-,11-/m0/s1. The summed E-state index contributed by atoms with van der Waals surface area (Å²) in [4.78, 5) is 10.6. The van der Waals surface area contributed by atoms with Gasteiger partial charge in [0.15, 0.2) is 6.29 Å². The van der Waals surface area contributed by atoms with Crippen LogP contribution in [0.1, 0.15) is 27.2 Å². The number of carbonyl (C=O) groups is 1. The van der Waals surface area contributed by atoms with Gasteiger partial charge in [-0.2, -0.15) is 0 Å². The largest absolute Gasteiger partial charge is 0.463 e. The molecule has 0 aromatic heterocycles. The monoisotopic (exact) mass is 214 g/mol. The molecule has 4 nitrogen and oxygen atoms in total. The van der Waals surface area contributed by atoms with Gasteiger partial charge in [-0.25, -0.2) is 0 Å². The summed E-state index contributed by atoms with van der Waals surface area (Å²) < 4.78 is 15.9.